The molecule has 0 amide bonds. The number of nitrogens with one attached hydrogen (secondary N) is 1. The molecule has 3 heteroatoms. The highest BCUT2D eigenvalue weighted by Crippen LogP contribution is 2.25. The first kappa shape index (κ1) is 16.3. The fraction of sp³-hybridized carbons (Fsp3) is 1.00. The second-order valence-corrected chi connectivity index (χ2v) is 6.91. The van der Waals surface area contributed by atoms with Crippen LogP contribution in [0.5, 0.6) is 0 Å². The van der Waals surface area contributed by atoms with Crippen molar-refractivity contribution in [2.45, 2.75) is 89.3 Å². The molecule has 20 heavy (non-hydrogen) atoms. The zero-order valence-corrected chi connectivity index (χ0v) is 13.5. The summed E-state index contributed by atoms with van der Waals surface area (Å²) in [5.74, 6) is 0. The fourth-order valence-corrected chi connectivity index (χ4v) is 3.75. The molecule has 1 aliphatic carbocycles. The predicted octanol–water partition coefficient (Wildman–Crippen LogP) is 2.92. The van der Waals surface area contributed by atoms with E-state index in [1.165, 1.54) is 58.0 Å². The van der Waals surface area contributed by atoms with Gasteiger partial charge in [-0.1, -0.05) is 33.1 Å². The standard InChI is InChI=1S/C17H34N2O/c1-3-17(20,4-2)14-18-15-10-12-19(13-11-15)16-8-6-5-7-9-16/h15-16,18,20H,3-14H2,1-2H3. The lowest BCUT2D eigenvalue weighted by atomic mass is 9.91. The van der Waals surface area contributed by atoms with Crippen LogP contribution in [0.3, 0.4) is 0 Å². The molecule has 3 nitrogen and oxygen atoms in total. The van der Waals surface area contributed by atoms with E-state index in [-0.39, 0.29) is 0 Å². The molecule has 1 aliphatic heterocycles. The van der Waals surface area contributed by atoms with Crippen LogP contribution in [0.1, 0.15) is 71.6 Å². The third kappa shape index (κ3) is 4.44. The molecule has 0 unspecified atom stereocenters. The average molecular weight is 282 g/mol. The lowest BCUT2D eigenvalue weighted by Gasteiger charge is -2.40. The van der Waals surface area contributed by atoms with E-state index >= 15 is 0 Å². The van der Waals surface area contributed by atoms with Gasteiger partial charge in [0, 0.05) is 18.6 Å². The van der Waals surface area contributed by atoms with Crippen LogP contribution in [0.2, 0.25) is 0 Å². The third-order valence-corrected chi connectivity index (χ3v) is 5.66. The Hall–Kier alpha value is -0.120. The summed E-state index contributed by atoms with van der Waals surface area (Å²) in [6, 6.07) is 1.48. The molecule has 2 aliphatic rings. The highest BCUT2D eigenvalue weighted by atomic mass is 16.3. The molecule has 1 saturated heterocycles. The number of hydrogen-bond acceptors (Lipinski definition) is 3. The Morgan fingerprint density at radius 3 is 2.15 bits per heavy atom. The Kier molecular flexibility index (Phi) is 6.31. The van der Waals surface area contributed by atoms with Crippen molar-refractivity contribution in [1.82, 2.24) is 10.2 Å². The highest BCUT2D eigenvalue weighted by molar-refractivity contribution is 4.86. The number of hydrogen-bond donors (Lipinski definition) is 2. The molecule has 0 aromatic carbocycles. The van der Waals surface area contributed by atoms with Crippen molar-refractivity contribution >= 4 is 0 Å². The van der Waals surface area contributed by atoms with Crippen LogP contribution in [-0.4, -0.2) is 47.3 Å². The van der Waals surface area contributed by atoms with Gasteiger partial charge in [-0.05, 0) is 51.6 Å². The number of nitrogens with zero attached hydrogens (tertiary/aromatic N) is 1. The molecule has 1 saturated carbocycles. The van der Waals surface area contributed by atoms with Crippen LogP contribution in [0.25, 0.3) is 0 Å². The fourth-order valence-electron chi connectivity index (χ4n) is 3.75. The van der Waals surface area contributed by atoms with Gasteiger partial charge in [0.2, 0.25) is 0 Å². The summed E-state index contributed by atoms with van der Waals surface area (Å²) in [6.07, 6.45) is 11.3. The Bertz CT molecular complexity index is 264. The van der Waals surface area contributed by atoms with E-state index in [0.717, 1.165) is 25.4 Å². The smallest absolute Gasteiger partial charge is 0.0766 e. The van der Waals surface area contributed by atoms with E-state index in [9.17, 15) is 5.11 Å². The van der Waals surface area contributed by atoms with Crippen molar-refractivity contribution < 1.29 is 5.11 Å². The topological polar surface area (TPSA) is 35.5 Å². The molecule has 0 bridgehead atoms. The maximum atomic E-state index is 10.3. The quantitative estimate of drug-likeness (QED) is 0.786. The second kappa shape index (κ2) is 7.77. The van der Waals surface area contributed by atoms with E-state index in [2.05, 4.69) is 24.1 Å². The Balaban J connectivity index is 1.68. The predicted molar refractivity (Wildman–Crippen MR) is 85.0 cm³/mol. The zero-order chi connectivity index (χ0) is 14.4. The summed E-state index contributed by atoms with van der Waals surface area (Å²) in [5, 5.41) is 14.0. The zero-order valence-electron chi connectivity index (χ0n) is 13.5. The Morgan fingerprint density at radius 1 is 1.00 bits per heavy atom. The first-order chi connectivity index (χ1) is 9.67. The molecule has 0 aromatic rings. The molecule has 2 N–H and O–H groups in total. The molecule has 2 fully saturated rings. The van der Waals surface area contributed by atoms with E-state index in [0.29, 0.717) is 6.04 Å². The summed E-state index contributed by atoms with van der Waals surface area (Å²) in [4.78, 5) is 2.73. The van der Waals surface area contributed by atoms with Crippen molar-refractivity contribution in [3.63, 3.8) is 0 Å². The van der Waals surface area contributed by atoms with Crippen LogP contribution < -0.4 is 5.32 Å². The van der Waals surface area contributed by atoms with Crippen molar-refractivity contribution in [1.29, 1.82) is 0 Å². The van der Waals surface area contributed by atoms with Gasteiger partial charge >= 0.3 is 0 Å². The van der Waals surface area contributed by atoms with E-state index in [1.54, 1.807) is 0 Å². The maximum Gasteiger partial charge on any atom is 0.0766 e. The van der Waals surface area contributed by atoms with Gasteiger partial charge in [0.15, 0.2) is 0 Å². The first-order valence-electron chi connectivity index (χ1n) is 8.86. The summed E-state index contributed by atoms with van der Waals surface area (Å²) < 4.78 is 0. The van der Waals surface area contributed by atoms with Gasteiger partial charge < -0.3 is 15.3 Å². The molecular weight excluding hydrogens is 248 g/mol. The molecule has 2 rings (SSSR count). The summed E-state index contributed by atoms with van der Waals surface area (Å²) in [6.45, 7) is 7.42. The third-order valence-electron chi connectivity index (χ3n) is 5.66. The molecule has 0 radical (unpaired) electrons. The van der Waals surface area contributed by atoms with Crippen molar-refractivity contribution in [3.8, 4) is 0 Å². The average Bonchev–Trinajstić information content (AvgIpc) is 2.54. The molecule has 0 aromatic heterocycles. The van der Waals surface area contributed by atoms with Gasteiger partial charge in [-0.3, -0.25) is 0 Å². The molecule has 0 atom stereocenters. The highest BCUT2D eigenvalue weighted by Gasteiger charge is 2.28. The van der Waals surface area contributed by atoms with Gasteiger partial charge in [-0.15, -0.1) is 0 Å². The minimum absolute atomic E-state index is 0.499. The summed E-state index contributed by atoms with van der Waals surface area (Å²) >= 11 is 0. The first-order valence-corrected chi connectivity index (χ1v) is 8.86. The molecule has 0 spiro atoms. The van der Waals surface area contributed by atoms with Gasteiger partial charge in [0.1, 0.15) is 0 Å². The van der Waals surface area contributed by atoms with Crippen LogP contribution in [0, 0.1) is 0 Å². The van der Waals surface area contributed by atoms with E-state index < -0.39 is 5.60 Å². The number of piperidine rings is 1. The van der Waals surface area contributed by atoms with Gasteiger partial charge in [0.25, 0.3) is 0 Å². The Morgan fingerprint density at radius 2 is 1.60 bits per heavy atom. The largest absolute Gasteiger partial charge is 0.389 e. The van der Waals surface area contributed by atoms with Gasteiger partial charge in [0.05, 0.1) is 5.60 Å². The minimum atomic E-state index is -0.499. The van der Waals surface area contributed by atoms with Crippen LogP contribution in [0.15, 0.2) is 0 Å². The molecule has 1 heterocycles. The summed E-state index contributed by atoms with van der Waals surface area (Å²) in [5.41, 5.74) is -0.499. The van der Waals surface area contributed by atoms with Crippen LogP contribution in [-0.2, 0) is 0 Å². The van der Waals surface area contributed by atoms with Gasteiger partial charge in [-0.2, -0.15) is 0 Å². The van der Waals surface area contributed by atoms with Crippen LogP contribution >= 0.6 is 0 Å². The van der Waals surface area contributed by atoms with Crippen LogP contribution in [0.4, 0.5) is 0 Å². The second-order valence-electron chi connectivity index (χ2n) is 6.91. The SMILES string of the molecule is CCC(O)(CC)CNC1CCN(C2CCCCC2)CC1. The lowest BCUT2D eigenvalue weighted by Crippen LogP contribution is -2.50. The van der Waals surface area contributed by atoms with Crippen molar-refractivity contribution in [2.75, 3.05) is 19.6 Å². The van der Waals surface area contributed by atoms with Crippen molar-refractivity contribution in [2.24, 2.45) is 0 Å². The van der Waals surface area contributed by atoms with E-state index in [4.69, 9.17) is 0 Å². The minimum Gasteiger partial charge on any atom is -0.389 e. The number of aliphatic hydroxyl groups is 1. The maximum absolute atomic E-state index is 10.3. The normalized spacial score (nSPS) is 24.1. The van der Waals surface area contributed by atoms with E-state index in [1.807, 2.05) is 0 Å². The van der Waals surface area contributed by atoms with Gasteiger partial charge in [-0.25, -0.2) is 0 Å². The molecule has 118 valence electrons. The van der Waals surface area contributed by atoms with Crippen molar-refractivity contribution in [3.05, 3.63) is 0 Å². The Labute approximate surface area is 125 Å². The number of rotatable bonds is 6. The lowest BCUT2D eigenvalue weighted by molar-refractivity contribution is 0.0256. The summed E-state index contributed by atoms with van der Waals surface area (Å²) in [7, 11) is 0. The monoisotopic (exact) mass is 282 g/mol. The number of likely N-dealkylation sites (tertiary alicyclic amines) is 1. The molecular formula is C17H34N2O.